The first-order valence-corrected chi connectivity index (χ1v) is 8.95. The summed E-state index contributed by atoms with van der Waals surface area (Å²) in [6.45, 7) is 2.19. The molecule has 20 heavy (non-hydrogen) atoms. The minimum Gasteiger partial charge on any atom is -0.507 e. The lowest BCUT2D eigenvalue weighted by Crippen LogP contribution is -2.11. The summed E-state index contributed by atoms with van der Waals surface area (Å²) in [7, 11) is -4.41. The second-order valence-corrected chi connectivity index (χ2v) is 6.74. The number of hydrogen-bond acceptors (Lipinski definition) is 2. The molecule has 0 aliphatic rings. The van der Waals surface area contributed by atoms with Gasteiger partial charge in [0.15, 0.2) is 0 Å². The van der Waals surface area contributed by atoms with Crippen LogP contribution in [-0.2, 0) is 11.0 Å². The van der Waals surface area contributed by atoms with Crippen LogP contribution in [0.15, 0.2) is 18.2 Å². The highest BCUT2D eigenvalue weighted by molar-refractivity contribution is 7.60. The molecule has 1 aromatic carbocycles. The predicted octanol–water partition coefficient (Wildman–Crippen LogP) is 3.49. The van der Waals surface area contributed by atoms with E-state index in [2.05, 4.69) is 6.92 Å². The Bertz CT molecular complexity index is 453. The fourth-order valence-corrected chi connectivity index (χ4v) is 3.32. The van der Waals surface area contributed by atoms with Crippen molar-refractivity contribution < 1.29 is 19.5 Å². The maximum atomic E-state index is 11.4. The molecule has 0 fully saturated rings. The first-order chi connectivity index (χ1) is 9.46. The maximum absolute atomic E-state index is 11.4. The third kappa shape index (κ3) is 5.66. The van der Waals surface area contributed by atoms with E-state index in [1.165, 1.54) is 31.7 Å². The van der Waals surface area contributed by atoms with Crippen LogP contribution in [0.25, 0.3) is 0 Å². The summed E-state index contributed by atoms with van der Waals surface area (Å²) < 4.78 is 11.4. The van der Waals surface area contributed by atoms with E-state index in [0.717, 1.165) is 19.3 Å². The third-order valence-corrected chi connectivity index (χ3v) is 4.54. The van der Waals surface area contributed by atoms with Gasteiger partial charge < -0.3 is 14.9 Å². The number of unbranched alkanes of at least 4 members (excludes halogenated alkanes) is 6. The van der Waals surface area contributed by atoms with Gasteiger partial charge in [-0.1, -0.05) is 57.6 Å². The molecular weight excluding hydrogens is 275 g/mol. The second-order valence-electron chi connectivity index (χ2n) is 5.20. The van der Waals surface area contributed by atoms with Gasteiger partial charge in [-0.15, -0.1) is 0 Å². The number of aryl methyl sites for hydroxylation is 1. The number of aromatic hydroxyl groups is 1. The van der Waals surface area contributed by atoms with Crippen LogP contribution >= 0.6 is 7.60 Å². The van der Waals surface area contributed by atoms with Crippen molar-refractivity contribution in [1.29, 1.82) is 0 Å². The van der Waals surface area contributed by atoms with E-state index in [0.29, 0.717) is 12.0 Å². The highest BCUT2D eigenvalue weighted by atomic mass is 31.2. The Hall–Kier alpha value is -0.830. The number of phenols is 1. The minimum absolute atomic E-state index is 0.203. The van der Waals surface area contributed by atoms with Gasteiger partial charge in [0.25, 0.3) is 0 Å². The number of hydrogen-bond donors (Lipinski definition) is 3. The largest absolute Gasteiger partial charge is 0.507 e. The standard InChI is InChI=1S/C15H25O4P/c1-2-3-4-5-6-7-8-10-13-11-9-12-14(16)15(13)20(17,18)19/h9,11-12,16H,2-8,10H2,1H3,(H2,17,18,19). The Morgan fingerprint density at radius 2 is 1.60 bits per heavy atom. The van der Waals surface area contributed by atoms with Gasteiger partial charge in [-0.2, -0.15) is 0 Å². The quantitative estimate of drug-likeness (QED) is 0.482. The van der Waals surface area contributed by atoms with Crippen LogP contribution in [-0.4, -0.2) is 14.9 Å². The first-order valence-electron chi connectivity index (χ1n) is 7.33. The van der Waals surface area contributed by atoms with E-state index in [9.17, 15) is 19.5 Å². The van der Waals surface area contributed by atoms with Gasteiger partial charge in [0.05, 0.1) is 0 Å². The predicted molar refractivity (Wildman–Crippen MR) is 81.5 cm³/mol. The second kappa shape index (κ2) is 8.46. The zero-order chi connectivity index (χ0) is 15.0. The third-order valence-electron chi connectivity index (χ3n) is 3.44. The van der Waals surface area contributed by atoms with Crippen molar-refractivity contribution >= 4 is 12.9 Å². The molecule has 0 saturated carbocycles. The lowest BCUT2D eigenvalue weighted by Gasteiger charge is -2.12. The van der Waals surface area contributed by atoms with E-state index in [-0.39, 0.29) is 11.1 Å². The summed E-state index contributed by atoms with van der Waals surface area (Å²) in [5.74, 6) is -0.307. The van der Waals surface area contributed by atoms with Crippen LogP contribution in [0.5, 0.6) is 5.75 Å². The van der Waals surface area contributed by atoms with Crippen LogP contribution in [0, 0.1) is 0 Å². The minimum atomic E-state index is -4.41. The molecule has 0 unspecified atom stereocenters. The summed E-state index contributed by atoms with van der Waals surface area (Å²) in [5.41, 5.74) is 0.562. The van der Waals surface area contributed by atoms with Gasteiger partial charge >= 0.3 is 7.60 Å². The molecule has 0 aliphatic carbocycles. The van der Waals surface area contributed by atoms with Gasteiger partial charge in [-0.05, 0) is 24.5 Å². The Morgan fingerprint density at radius 3 is 2.20 bits per heavy atom. The zero-order valence-electron chi connectivity index (χ0n) is 12.1. The molecule has 1 rings (SSSR count). The fraction of sp³-hybridized carbons (Fsp3) is 0.600. The number of rotatable bonds is 9. The molecule has 0 radical (unpaired) electrons. The summed E-state index contributed by atoms with van der Waals surface area (Å²) in [6.07, 6.45) is 8.69. The van der Waals surface area contributed by atoms with Crippen LogP contribution in [0.4, 0.5) is 0 Å². The van der Waals surface area contributed by atoms with E-state index in [4.69, 9.17) is 0 Å². The van der Waals surface area contributed by atoms with Crippen molar-refractivity contribution in [2.75, 3.05) is 0 Å². The van der Waals surface area contributed by atoms with Crippen molar-refractivity contribution in [1.82, 2.24) is 0 Å². The topological polar surface area (TPSA) is 77.8 Å². The maximum Gasteiger partial charge on any atom is 0.360 e. The highest BCUT2D eigenvalue weighted by Gasteiger charge is 2.25. The molecule has 0 saturated heterocycles. The fourth-order valence-electron chi connectivity index (χ4n) is 2.39. The highest BCUT2D eigenvalue weighted by Crippen LogP contribution is 2.38. The van der Waals surface area contributed by atoms with Crippen molar-refractivity contribution in [3.05, 3.63) is 23.8 Å². The Morgan fingerprint density at radius 1 is 1.00 bits per heavy atom. The zero-order valence-corrected chi connectivity index (χ0v) is 13.0. The first kappa shape index (κ1) is 17.2. The monoisotopic (exact) mass is 300 g/mol. The number of phenolic OH excluding ortho intramolecular Hbond substituents is 1. The summed E-state index contributed by atoms with van der Waals surface area (Å²) in [5, 5.41) is 9.43. The lowest BCUT2D eigenvalue weighted by atomic mass is 10.0. The molecule has 4 nitrogen and oxygen atoms in total. The van der Waals surface area contributed by atoms with E-state index in [1.807, 2.05) is 0 Å². The van der Waals surface area contributed by atoms with Crippen molar-refractivity contribution in [3.8, 4) is 5.75 Å². The van der Waals surface area contributed by atoms with E-state index >= 15 is 0 Å². The van der Waals surface area contributed by atoms with Crippen molar-refractivity contribution in [2.24, 2.45) is 0 Å². The molecular formula is C15H25O4P. The molecule has 3 N–H and O–H groups in total. The van der Waals surface area contributed by atoms with Crippen LogP contribution in [0.3, 0.4) is 0 Å². The van der Waals surface area contributed by atoms with E-state index < -0.39 is 7.60 Å². The Balaban J connectivity index is 2.48. The molecule has 0 heterocycles. The molecule has 0 aliphatic heterocycles. The van der Waals surface area contributed by atoms with Gasteiger partial charge in [-0.3, -0.25) is 4.57 Å². The summed E-state index contributed by atoms with van der Waals surface area (Å²) >= 11 is 0. The van der Waals surface area contributed by atoms with Gasteiger partial charge in [0.1, 0.15) is 11.1 Å². The lowest BCUT2D eigenvalue weighted by molar-refractivity contribution is 0.384. The van der Waals surface area contributed by atoms with Crippen molar-refractivity contribution in [2.45, 2.75) is 58.3 Å². The van der Waals surface area contributed by atoms with Gasteiger partial charge in [0, 0.05) is 0 Å². The van der Waals surface area contributed by atoms with Crippen LogP contribution < -0.4 is 5.30 Å². The molecule has 0 amide bonds. The van der Waals surface area contributed by atoms with E-state index in [1.54, 1.807) is 12.1 Å². The molecule has 114 valence electrons. The van der Waals surface area contributed by atoms with Crippen LogP contribution in [0.2, 0.25) is 0 Å². The molecule has 0 aromatic heterocycles. The SMILES string of the molecule is CCCCCCCCCc1cccc(O)c1P(=O)(O)O. The average Bonchev–Trinajstić information content (AvgIpc) is 2.36. The summed E-state index contributed by atoms with van der Waals surface area (Å²) in [6, 6.07) is 4.64. The average molecular weight is 300 g/mol. The molecule has 0 spiro atoms. The number of benzene rings is 1. The summed E-state index contributed by atoms with van der Waals surface area (Å²) in [4.78, 5) is 18.6. The molecule has 1 aromatic rings. The van der Waals surface area contributed by atoms with Gasteiger partial charge in [0.2, 0.25) is 0 Å². The van der Waals surface area contributed by atoms with Crippen LogP contribution in [0.1, 0.15) is 57.4 Å². The van der Waals surface area contributed by atoms with Crippen molar-refractivity contribution in [3.63, 3.8) is 0 Å². The Labute approximate surface area is 121 Å². The molecule has 0 atom stereocenters. The molecule has 0 bridgehead atoms. The smallest absolute Gasteiger partial charge is 0.360 e. The normalized spacial score (nSPS) is 11.8. The van der Waals surface area contributed by atoms with Gasteiger partial charge in [-0.25, -0.2) is 0 Å². The molecule has 5 heteroatoms. The Kier molecular flexibility index (Phi) is 7.28.